The third kappa shape index (κ3) is 2.25. The van der Waals surface area contributed by atoms with E-state index in [9.17, 15) is 0 Å². The van der Waals surface area contributed by atoms with Gasteiger partial charge in [-0.2, -0.15) is 0 Å². The summed E-state index contributed by atoms with van der Waals surface area (Å²) < 4.78 is 0. The molecule has 1 saturated heterocycles. The zero-order valence-electron chi connectivity index (χ0n) is 7.93. The average molecular weight is 153 g/mol. The van der Waals surface area contributed by atoms with E-state index in [0.717, 1.165) is 11.8 Å². The molecule has 1 rings (SSSR count). The fourth-order valence-electron chi connectivity index (χ4n) is 1.89. The van der Waals surface area contributed by atoms with Crippen molar-refractivity contribution in [3.63, 3.8) is 0 Å². The Morgan fingerprint density at radius 2 is 2.27 bits per heavy atom. The highest BCUT2D eigenvalue weighted by Gasteiger charge is 2.22. The van der Waals surface area contributed by atoms with E-state index in [-0.39, 0.29) is 0 Å². The Balaban J connectivity index is 2.35. The SMILES string of the molecule is C=C1CC(CC(C)C)CN1C. The van der Waals surface area contributed by atoms with E-state index in [2.05, 4.69) is 32.4 Å². The Bertz CT molecular complexity index is 149. The quantitative estimate of drug-likeness (QED) is 0.589. The van der Waals surface area contributed by atoms with Crippen molar-refractivity contribution in [2.24, 2.45) is 11.8 Å². The van der Waals surface area contributed by atoms with Gasteiger partial charge in [0, 0.05) is 19.3 Å². The summed E-state index contributed by atoms with van der Waals surface area (Å²) in [6.07, 6.45) is 2.57. The first kappa shape index (κ1) is 8.63. The molecule has 0 bridgehead atoms. The minimum absolute atomic E-state index is 0.833. The molecular formula is C10H19N. The molecule has 0 amide bonds. The van der Waals surface area contributed by atoms with Crippen LogP contribution in [0.2, 0.25) is 0 Å². The van der Waals surface area contributed by atoms with E-state index in [1.165, 1.54) is 25.1 Å². The number of likely N-dealkylation sites (tertiary alicyclic amines) is 1. The van der Waals surface area contributed by atoms with Crippen LogP contribution in [0.1, 0.15) is 26.7 Å². The maximum atomic E-state index is 4.02. The van der Waals surface area contributed by atoms with Gasteiger partial charge in [-0.1, -0.05) is 20.4 Å². The standard InChI is InChI=1S/C10H19N/c1-8(2)5-10-6-9(3)11(4)7-10/h8,10H,3,5-7H2,1-2,4H3. The maximum absolute atomic E-state index is 4.02. The summed E-state index contributed by atoms with van der Waals surface area (Å²) in [7, 11) is 2.14. The summed E-state index contributed by atoms with van der Waals surface area (Å²) in [6, 6.07) is 0. The molecule has 0 aliphatic carbocycles. The van der Waals surface area contributed by atoms with Crippen LogP contribution >= 0.6 is 0 Å². The number of nitrogens with zero attached hydrogens (tertiary/aromatic N) is 1. The largest absolute Gasteiger partial charge is 0.378 e. The summed E-state index contributed by atoms with van der Waals surface area (Å²) >= 11 is 0. The molecule has 1 aliphatic heterocycles. The van der Waals surface area contributed by atoms with Gasteiger partial charge in [-0.3, -0.25) is 0 Å². The van der Waals surface area contributed by atoms with E-state index in [1.807, 2.05) is 0 Å². The molecule has 0 saturated carbocycles. The number of rotatable bonds is 2. The summed E-state index contributed by atoms with van der Waals surface area (Å²) in [5.74, 6) is 1.70. The van der Waals surface area contributed by atoms with Gasteiger partial charge in [-0.05, 0) is 24.7 Å². The van der Waals surface area contributed by atoms with Crippen LogP contribution in [0.3, 0.4) is 0 Å². The Hall–Kier alpha value is -0.460. The normalized spacial score (nSPS) is 25.3. The predicted octanol–water partition coefficient (Wildman–Crippen LogP) is 2.50. The first-order valence-corrected chi connectivity index (χ1v) is 4.48. The van der Waals surface area contributed by atoms with Crippen LogP contribution in [0.15, 0.2) is 12.3 Å². The van der Waals surface area contributed by atoms with Crippen LogP contribution in [0.25, 0.3) is 0 Å². The molecule has 1 aliphatic rings. The molecule has 1 fully saturated rings. The fourth-order valence-corrected chi connectivity index (χ4v) is 1.89. The lowest BCUT2D eigenvalue weighted by molar-refractivity contribution is 0.382. The van der Waals surface area contributed by atoms with Crippen LogP contribution in [0.5, 0.6) is 0 Å². The lowest BCUT2D eigenvalue weighted by Gasteiger charge is -2.12. The Morgan fingerprint density at radius 3 is 2.64 bits per heavy atom. The van der Waals surface area contributed by atoms with Crippen molar-refractivity contribution >= 4 is 0 Å². The van der Waals surface area contributed by atoms with Gasteiger partial charge in [0.05, 0.1) is 0 Å². The number of hydrogen-bond acceptors (Lipinski definition) is 1. The molecular weight excluding hydrogens is 134 g/mol. The molecule has 1 heteroatoms. The van der Waals surface area contributed by atoms with Gasteiger partial charge < -0.3 is 4.90 Å². The minimum Gasteiger partial charge on any atom is -0.378 e. The van der Waals surface area contributed by atoms with E-state index < -0.39 is 0 Å². The smallest absolute Gasteiger partial charge is 0.0203 e. The van der Waals surface area contributed by atoms with Crippen molar-refractivity contribution in [3.8, 4) is 0 Å². The van der Waals surface area contributed by atoms with Crippen molar-refractivity contribution in [2.75, 3.05) is 13.6 Å². The highest BCUT2D eigenvalue weighted by molar-refractivity contribution is 5.01. The van der Waals surface area contributed by atoms with E-state index >= 15 is 0 Å². The van der Waals surface area contributed by atoms with Crippen molar-refractivity contribution in [2.45, 2.75) is 26.7 Å². The van der Waals surface area contributed by atoms with Crippen LogP contribution < -0.4 is 0 Å². The highest BCUT2D eigenvalue weighted by Crippen LogP contribution is 2.28. The van der Waals surface area contributed by atoms with Gasteiger partial charge >= 0.3 is 0 Å². The van der Waals surface area contributed by atoms with Crippen molar-refractivity contribution < 1.29 is 0 Å². The van der Waals surface area contributed by atoms with Crippen LogP contribution in [0.4, 0.5) is 0 Å². The molecule has 0 N–H and O–H groups in total. The molecule has 1 atom stereocenters. The second-order valence-corrected chi connectivity index (χ2v) is 4.15. The van der Waals surface area contributed by atoms with Gasteiger partial charge in [0.15, 0.2) is 0 Å². The Morgan fingerprint density at radius 1 is 1.64 bits per heavy atom. The summed E-state index contributed by atoms with van der Waals surface area (Å²) in [5.41, 5.74) is 1.32. The maximum Gasteiger partial charge on any atom is 0.0203 e. The van der Waals surface area contributed by atoms with E-state index in [0.29, 0.717) is 0 Å². The van der Waals surface area contributed by atoms with Gasteiger partial charge in [0.25, 0.3) is 0 Å². The first-order chi connectivity index (χ1) is 5.09. The first-order valence-electron chi connectivity index (χ1n) is 4.48. The lowest BCUT2D eigenvalue weighted by Crippen LogP contribution is -2.13. The Labute approximate surface area is 70.1 Å². The third-order valence-corrected chi connectivity index (χ3v) is 2.40. The van der Waals surface area contributed by atoms with Crippen LogP contribution in [-0.2, 0) is 0 Å². The topological polar surface area (TPSA) is 3.24 Å². The lowest BCUT2D eigenvalue weighted by atomic mass is 9.96. The van der Waals surface area contributed by atoms with E-state index in [4.69, 9.17) is 0 Å². The predicted molar refractivity (Wildman–Crippen MR) is 49.3 cm³/mol. The van der Waals surface area contributed by atoms with Gasteiger partial charge in [-0.25, -0.2) is 0 Å². The van der Waals surface area contributed by atoms with E-state index in [1.54, 1.807) is 0 Å². The second kappa shape index (κ2) is 3.29. The summed E-state index contributed by atoms with van der Waals surface area (Å²) in [6.45, 7) is 9.82. The molecule has 0 aromatic rings. The third-order valence-electron chi connectivity index (χ3n) is 2.40. The van der Waals surface area contributed by atoms with Crippen molar-refractivity contribution in [1.29, 1.82) is 0 Å². The fraction of sp³-hybridized carbons (Fsp3) is 0.800. The molecule has 1 nitrogen and oxygen atoms in total. The molecule has 11 heavy (non-hydrogen) atoms. The van der Waals surface area contributed by atoms with Crippen LogP contribution in [0, 0.1) is 11.8 Å². The molecule has 0 aromatic heterocycles. The molecule has 0 radical (unpaired) electrons. The highest BCUT2D eigenvalue weighted by atomic mass is 15.1. The summed E-state index contributed by atoms with van der Waals surface area (Å²) in [5, 5.41) is 0. The van der Waals surface area contributed by atoms with Crippen LogP contribution in [-0.4, -0.2) is 18.5 Å². The molecule has 64 valence electrons. The zero-order chi connectivity index (χ0) is 8.43. The van der Waals surface area contributed by atoms with Gasteiger partial charge in [0.1, 0.15) is 0 Å². The van der Waals surface area contributed by atoms with Crippen molar-refractivity contribution in [3.05, 3.63) is 12.3 Å². The van der Waals surface area contributed by atoms with Crippen molar-refractivity contribution in [1.82, 2.24) is 4.90 Å². The molecule has 1 heterocycles. The van der Waals surface area contributed by atoms with Gasteiger partial charge in [0.2, 0.25) is 0 Å². The average Bonchev–Trinajstić information content (AvgIpc) is 2.10. The minimum atomic E-state index is 0.833. The zero-order valence-corrected chi connectivity index (χ0v) is 7.93. The molecule has 1 unspecified atom stereocenters. The monoisotopic (exact) mass is 153 g/mol. The molecule has 0 spiro atoms. The summed E-state index contributed by atoms with van der Waals surface area (Å²) in [4.78, 5) is 2.28. The Kier molecular flexibility index (Phi) is 2.58. The van der Waals surface area contributed by atoms with Gasteiger partial charge in [-0.15, -0.1) is 0 Å². The number of allylic oxidation sites excluding steroid dienone is 1. The second-order valence-electron chi connectivity index (χ2n) is 4.15. The number of hydrogen-bond donors (Lipinski definition) is 0. The molecule has 0 aromatic carbocycles.